The van der Waals surface area contributed by atoms with Crippen LogP contribution in [-0.2, 0) is 6.18 Å². The molecule has 2 aromatic rings. The van der Waals surface area contributed by atoms with Crippen molar-refractivity contribution in [2.24, 2.45) is 5.92 Å². The van der Waals surface area contributed by atoms with Crippen molar-refractivity contribution in [1.82, 2.24) is 9.38 Å². The lowest BCUT2D eigenvalue weighted by atomic mass is 9.84. The first kappa shape index (κ1) is 14.4. The summed E-state index contributed by atoms with van der Waals surface area (Å²) >= 11 is 0. The van der Waals surface area contributed by atoms with Gasteiger partial charge in [-0.05, 0) is 30.9 Å². The molecule has 2 aromatic heterocycles. The third-order valence-electron chi connectivity index (χ3n) is 4.28. The van der Waals surface area contributed by atoms with Crippen LogP contribution in [0.25, 0.3) is 5.52 Å². The lowest BCUT2D eigenvalue weighted by Crippen LogP contribution is -2.19. The van der Waals surface area contributed by atoms with Crippen LogP contribution in [0.5, 0.6) is 0 Å². The Balaban J connectivity index is 2.05. The van der Waals surface area contributed by atoms with Gasteiger partial charge in [-0.1, -0.05) is 19.3 Å². The number of rotatable bonds is 2. The van der Waals surface area contributed by atoms with Crippen LogP contribution < -0.4 is 0 Å². The summed E-state index contributed by atoms with van der Waals surface area (Å²) in [4.78, 5) is 3.90. The Bertz CT molecular complexity index is 629. The highest BCUT2D eigenvalue weighted by molar-refractivity contribution is 5.50. The maximum atomic E-state index is 13.0. The summed E-state index contributed by atoms with van der Waals surface area (Å²) in [5.41, 5.74) is -0.0979. The standard InChI is InChI=1S/C15H17F3N2O/c16-15(17,18)11-6-12-8-19-9-20(12)13(7-11)14(21)10-4-2-1-3-5-10/h6-10,14,21H,1-5H2/t14-/m1/s1. The third-order valence-corrected chi connectivity index (χ3v) is 4.28. The third kappa shape index (κ3) is 2.77. The van der Waals surface area contributed by atoms with E-state index in [1.165, 1.54) is 12.5 Å². The molecule has 3 rings (SSSR count). The highest BCUT2D eigenvalue weighted by atomic mass is 19.4. The minimum Gasteiger partial charge on any atom is -0.387 e. The monoisotopic (exact) mass is 298 g/mol. The predicted molar refractivity (Wildman–Crippen MR) is 71.7 cm³/mol. The average Bonchev–Trinajstić information content (AvgIpc) is 2.94. The van der Waals surface area contributed by atoms with Crippen LogP contribution in [0.2, 0.25) is 0 Å². The van der Waals surface area contributed by atoms with Gasteiger partial charge in [0, 0.05) is 0 Å². The van der Waals surface area contributed by atoms with E-state index in [1.807, 2.05) is 0 Å². The molecule has 0 unspecified atom stereocenters. The van der Waals surface area contributed by atoms with Crippen LogP contribution in [0.15, 0.2) is 24.7 Å². The first-order valence-electron chi connectivity index (χ1n) is 7.18. The molecule has 0 amide bonds. The molecular formula is C15H17F3N2O. The molecule has 0 radical (unpaired) electrons. The van der Waals surface area contributed by atoms with Crippen molar-refractivity contribution >= 4 is 5.52 Å². The topological polar surface area (TPSA) is 37.5 Å². The Morgan fingerprint density at radius 3 is 2.57 bits per heavy atom. The Kier molecular flexibility index (Phi) is 3.65. The second-order valence-corrected chi connectivity index (χ2v) is 5.70. The van der Waals surface area contributed by atoms with Gasteiger partial charge in [0.15, 0.2) is 0 Å². The van der Waals surface area contributed by atoms with Crippen molar-refractivity contribution in [1.29, 1.82) is 0 Å². The van der Waals surface area contributed by atoms with Crippen molar-refractivity contribution in [3.05, 3.63) is 35.9 Å². The van der Waals surface area contributed by atoms with Crippen LogP contribution in [0.3, 0.4) is 0 Å². The summed E-state index contributed by atoms with van der Waals surface area (Å²) < 4.78 is 40.5. The van der Waals surface area contributed by atoms with Gasteiger partial charge in [-0.15, -0.1) is 0 Å². The minimum atomic E-state index is -4.42. The van der Waals surface area contributed by atoms with Crippen molar-refractivity contribution in [3.8, 4) is 0 Å². The summed E-state index contributed by atoms with van der Waals surface area (Å²) in [5.74, 6) is 0.0211. The maximum absolute atomic E-state index is 13.0. The normalized spacial score (nSPS) is 19.0. The van der Waals surface area contributed by atoms with E-state index in [1.54, 1.807) is 4.40 Å². The summed E-state index contributed by atoms with van der Waals surface area (Å²) in [6.45, 7) is 0. The molecular weight excluding hydrogens is 281 g/mol. The van der Waals surface area contributed by atoms with E-state index >= 15 is 0 Å². The number of halogens is 3. The molecule has 0 bridgehead atoms. The molecule has 114 valence electrons. The number of pyridine rings is 1. The number of hydrogen-bond acceptors (Lipinski definition) is 2. The predicted octanol–water partition coefficient (Wildman–Crippen LogP) is 3.97. The summed E-state index contributed by atoms with van der Waals surface area (Å²) in [6, 6.07) is 2.11. The number of aliphatic hydroxyl groups is 1. The lowest BCUT2D eigenvalue weighted by Gasteiger charge is -2.27. The lowest BCUT2D eigenvalue weighted by molar-refractivity contribution is -0.137. The van der Waals surface area contributed by atoms with E-state index in [0.717, 1.165) is 44.2 Å². The molecule has 6 heteroatoms. The highest BCUT2D eigenvalue weighted by Crippen LogP contribution is 2.37. The fourth-order valence-electron chi connectivity index (χ4n) is 3.14. The largest absolute Gasteiger partial charge is 0.416 e. The number of nitrogens with zero attached hydrogens (tertiary/aromatic N) is 2. The first-order valence-corrected chi connectivity index (χ1v) is 7.18. The molecule has 0 aliphatic heterocycles. The second-order valence-electron chi connectivity index (χ2n) is 5.70. The zero-order valence-electron chi connectivity index (χ0n) is 11.5. The molecule has 0 aromatic carbocycles. The van der Waals surface area contributed by atoms with Crippen LogP contribution in [0.1, 0.15) is 49.5 Å². The number of aromatic nitrogens is 2. The van der Waals surface area contributed by atoms with Crippen molar-refractivity contribution < 1.29 is 18.3 Å². The van der Waals surface area contributed by atoms with Gasteiger partial charge in [-0.2, -0.15) is 13.2 Å². The highest BCUT2D eigenvalue weighted by Gasteiger charge is 2.33. The average molecular weight is 298 g/mol. The summed E-state index contributed by atoms with van der Waals surface area (Å²) in [7, 11) is 0. The van der Waals surface area contributed by atoms with Gasteiger partial charge in [-0.25, -0.2) is 4.98 Å². The van der Waals surface area contributed by atoms with Gasteiger partial charge in [0.25, 0.3) is 0 Å². The molecule has 1 aliphatic carbocycles. The SMILES string of the molecule is O[C@@H](c1cc(C(F)(F)F)cc2cncn12)C1CCCCC1. The van der Waals surface area contributed by atoms with Crippen molar-refractivity contribution in [3.63, 3.8) is 0 Å². The van der Waals surface area contributed by atoms with Crippen LogP contribution in [0.4, 0.5) is 13.2 Å². The Morgan fingerprint density at radius 2 is 1.90 bits per heavy atom. The van der Waals surface area contributed by atoms with E-state index in [9.17, 15) is 18.3 Å². The van der Waals surface area contributed by atoms with Crippen LogP contribution in [-0.4, -0.2) is 14.5 Å². The zero-order chi connectivity index (χ0) is 15.0. The molecule has 21 heavy (non-hydrogen) atoms. The second kappa shape index (κ2) is 5.33. The molecule has 2 heterocycles. The van der Waals surface area contributed by atoms with Crippen molar-refractivity contribution in [2.45, 2.75) is 44.4 Å². The van der Waals surface area contributed by atoms with Gasteiger partial charge < -0.3 is 9.51 Å². The quantitative estimate of drug-likeness (QED) is 0.911. The van der Waals surface area contributed by atoms with E-state index in [-0.39, 0.29) is 11.6 Å². The maximum Gasteiger partial charge on any atom is 0.416 e. The Labute approximate surface area is 120 Å². The van der Waals surface area contributed by atoms with E-state index in [0.29, 0.717) is 5.52 Å². The Hall–Kier alpha value is -1.56. The zero-order valence-corrected chi connectivity index (χ0v) is 11.5. The summed E-state index contributed by atoms with van der Waals surface area (Å²) in [6.07, 6.45) is 2.41. The van der Waals surface area contributed by atoms with Gasteiger partial charge in [0.2, 0.25) is 0 Å². The first-order chi connectivity index (χ1) is 9.97. The molecule has 1 aliphatic rings. The number of aliphatic hydroxyl groups excluding tert-OH is 1. The minimum absolute atomic E-state index is 0.0211. The summed E-state index contributed by atoms with van der Waals surface area (Å²) in [5, 5.41) is 10.5. The van der Waals surface area contributed by atoms with E-state index < -0.39 is 17.8 Å². The molecule has 1 N–H and O–H groups in total. The smallest absolute Gasteiger partial charge is 0.387 e. The molecule has 0 spiro atoms. The van der Waals surface area contributed by atoms with Crippen LogP contribution in [0, 0.1) is 5.92 Å². The fraction of sp³-hybridized carbons (Fsp3) is 0.533. The molecule has 1 fully saturated rings. The van der Waals surface area contributed by atoms with Crippen molar-refractivity contribution in [2.75, 3.05) is 0 Å². The van der Waals surface area contributed by atoms with E-state index in [4.69, 9.17) is 0 Å². The van der Waals surface area contributed by atoms with Gasteiger partial charge >= 0.3 is 6.18 Å². The van der Waals surface area contributed by atoms with Gasteiger partial charge in [-0.3, -0.25) is 0 Å². The number of fused-ring (bicyclic) bond motifs is 1. The number of alkyl halides is 3. The van der Waals surface area contributed by atoms with E-state index in [2.05, 4.69) is 4.98 Å². The fourth-order valence-corrected chi connectivity index (χ4v) is 3.14. The molecule has 1 saturated carbocycles. The van der Waals surface area contributed by atoms with Gasteiger partial charge in [0.05, 0.1) is 35.4 Å². The number of hydrogen-bond donors (Lipinski definition) is 1. The number of imidazole rings is 1. The van der Waals surface area contributed by atoms with Gasteiger partial charge in [0.1, 0.15) is 0 Å². The molecule has 1 atom stereocenters. The molecule has 3 nitrogen and oxygen atoms in total. The Morgan fingerprint density at radius 1 is 1.19 bits per heavy atom. The van der Waals surface area contributed by atoms with Crippen LogP contribution >= 0.6 is 0 Å². The molecule has 0 saturated heterocycles.